The van der Waals surface area contributed by atoms with Crippen LogP contribution in [0.2, 0.25) is 5.02 Å². The zero-order chi connectivity index (χ0) is 20.9. The number of benzene rings is 2. The van der Waals surface area contributed by atoms with Crippen LogP contribution in [0.1, 0.15) is 11.1 Å². The second-order valence-corrected chi connectivity index (χ2v) is 7.97. The van der Waals surface area contributed by atoms with Crippen LogP contribution in [0.15, 0.2) is 53.6 Å². The van der Waals surface area contributed by atoms with Gasteiger partial charge in [-0.05, 0) is 24.3 Å². The van der Waals surface area contributed by atoms with Gasteiger partial charge < -0.3 is 0 Å². The molecule has 0 aromatic heterocycles. The van der Waals surface area contributed by atoms with Gasteiger partial charge in [0.1, 0.15) is 6.54 Å². The third-order valence-electron chi connectivity index (χ3n) is 3.44. The van der Waals surface area contributed by atoms with E-state index in [4.69, 9.17) is 11.6 Å². The predicted molar refractivity (Wildman–Crippen MR) is 101 cm³/mol. The second-order valence-electron chi connectivity index (χ2n) is 5.63. The molecule has 28 heavy (non-hydrogen) atoms. The zero-order valence-corrected chi connectivity index (χ0v) is 16.0. The van der Waals surface area contributed by atoms with Crippen LogP contribution >= 0.6 is 11.6 Å². The number of amides is 1. The highest BCUT2D eigenvalue weighted by Gasteiger charge is 2.32. The third kappa shape index (κ3) is 5.96. The molecule has 0 radical (unpaired) electrons. The third-order valence-corrected chi connectivity index (χ3v) is 4.82. The number of anilines is 1. The maximum absolute atomic E-state index is 12.9. The Labute approximate surface area is 164 Å². The van der Waals surface area contributed by atoms with Gasteiger partial charge in [-0.25, -0.2) is 13.8 Å². The summed E-state index contributed by atoms with van der Waals surface area (Å²) in [6, 6.07) is 10.5. The molecular formula is C17H15ClF3N3O3S. The lowest BCUT2D eigenvalue weighted by molar-refractivity contribution is -0.137. The molecule has 2 rings (SSSR count). The highest BCUT2D eigenvalue weighted by Crippen LogP contribution is 2.31. The summed E-state index contributed by atoms with van der Waals surface area (Å²) in [5.41, 5.74) is 1.03. The van der Waals surface area contributed by atoms with Crippen molar-refractivity contribution in [3.63, 3.8) is 0 Å². The number of rotatable bonds is 6. The van der Waals surface area contributed by atoms with E-state index in [1.54, 1.807) is 0 Å². The van der Waals surface area contributed by atoms with Crippen molar-refractivity contribution in [2.24, 2.45) is 5.10 Å². The quantitative estimate of drug-likeness (QED) is 0.561. The number of carbonyl (C=O) groups excluding carboxylic acids is 1. The molecule has 0 atom stereocenters. The van der Waals surface area contributed by atoms with Crippen LogP contribution in [0.4, 0.5) is 18.9 Å². The second kappa shape index (κ2) is 8.61. The first-order valence-corrected chi connectivity index (χ1v) is 9.92. The monoisotopic (exact) mass is 433 g/mol. The molecule has 11 heteroatoms. The van der Waals surface area contributed by atoms with Gasteiger partial charge in [0.15, 0.2) is 0 Å². The molecule has 0 saturated carbocycles. The van der Waals surface area contributed by atoms with Crippen molar-refractivity contribution in [2.75, 3.05) is 17.1 Å². The van der Waals surface area contributed by atoms with Crippen molar-refractivity contribution in [3.05, 3.63) is 64.7 Å². The van der Waals surface area contributed by atoms with Gasteiger partial charge in [-0.15, -0.1) is 0 Å². The minimum absolute atomic E-state index is 0.163. The minimum atomic E-state index is -4.58. The number of carbonyl (C=O) groups is 1. The Kier molecular flexibility index (Phi) is 6.68. The molecular weight excluding hydrogens is 419 g/mol. The SMILES string of the molecule is CS(=O)(=O)N(CC(=O)N/N=C\c1ccccc1C(F)(F)F)c1cccc(Cl)c1. The molecule has 0 fully saturated rings. The molecule has 0 bridgehead atoms. The van der Waals surface area contributed by atoms with Crippen molar-refractivity contribution in [2.45, 2.75) is 6.18 Å². The molecule has 150 valence electrons. The Balaban J connectivity index is 2.14. The molecule has 0 aliphatic carbocycles. The number of hydrazone groups is 1. The summed E-state index contributed by atoms with van der Waals surface area (Å²) in [5.74, 6) is -0.842. The van der Waals surface area contributed by atoms with E-state index in [-0.39, 0.29) is 16.3 Å². The Hall–Kier alpha value is -2.59. The first-order chi connectivity index (χ1) is 13.0. The van der Waals surface area contributed by atoms with E-state index in [0.29, 0.717) is 0 Å². The lowest BCUT2D eigenvalue weighted by Crippen LogP contribution is -2.39. The van der Waals surface area contributed by atoms with Gasteiger partial charge in [0.25, 0.3) is 5.91 Å². The van der Waals surface area contributed by atoms with E-state index in [0.717, 1.165) is 22.8 Å². The Bertz CT molecular complexity index is 994. The number of hydrogen-bond acceptors (Lipinski definition) is 4. The lowest BCUT2D eigenvalue weighted by atomic mass is 10.1. The van der Waals surface area contributed by atoms with E-state index < -0.39 is 34.2 Å². The molecule has 0 heterocycles. The van der Waals surface area contributed by atoms with Crippen molar-refractivity contribution < 1.29 is 26.4 Å². The van der Waals surface area contributed by atoms with Gasteiger partial charge in [0.2, 0.25) is 10.0 Å². The fourth-order valence-electron chi connectivity index (χ4n) is 2.24. The minimum Gasteiger partial charge on any atom is -0.271 e. The summed E-state index contributed by atoms with van der Waals surface area (Å²) < 4.78 is 63.5. The summed E-state index contributed by atoms with van der Waals surface area (Å²) in [7, 11) is -3.82. The van der Waals surface area contributed by atoms with E-state index >= 15 is 0 Å². The van der Waals surface area contributed by atoms with Gasteiger partial charge in [0, 0.05) is 10.6 Å². The average Bonchev–Trinajstić information content (AvgIpc) is 2.58. The van der Waals surface area contributed by atoms with Gasteiger partial charge in [-0.3, -0.25) is 9.10 Å². The van der Waals surface area contributed by atoms with E-state index in [1.807, 2.05) is 5.43 Å². The highest BCUT2D eigenvalue weighted by atomic mass is 35.5. The number of alkyl halides is 3. The number of nitrogens with one attached hydrogen (secondary N) is 1. The topological polar surface area (TPSA) is 78.8 Å². The predicted octanol–water partition coefficient (Wildman–Crippen LogP) is 3.28. The maximum atomic E-state index is 12.9. The van der Waals surface area contributed by atoms with Crippen LogP contribution in [0.3, 0.4) is 0 Å². The Morgan fingerprint density at radius 2 is 1.89 bits per heavy atom. The summed E-state index contributed by atoms with van der Waals surface area (Å²) in [6.45, 7) is -0.628. The number of hydrogen-bond donors (Lipinski definition) is 1. The lowest BCUT2D eigenvalue weighted by Gasteiger charge is -2.21. The molecule has 0 spiro atoms. The molecule has 2 aromatic rings. The number of nitrogens with zero attached hydrogens (tertiary/aromatic N) is 2. The molecule has 1 amide bonds. The largest absolute Gasteiger partial charge is 0.417 e. The molecule has 0 saturated heterocycles. The van der Waals surface area contributed by atoms with Gasteiger partial charge in [0.05, 0.1) is 23.7 Å². The normalized spacial score (nSPS) is 12.2. The number of halogens is 4. The van der Waals surface area contributed by atoms with Crippen LogP contribution in [-0.2, 0) is 21.0 Å². The molecule has 2 aromatic carbocycles. The van der Waals surface area contributed by atoms with Gasteiger partial charge in [-0.1, -0.05) is 35.9 Å². The maximum Gasteiger partial charge on any atom is 0.417 e. The summed E-state index contributed by atoms with van der Waals surface area (Å²) in [6.07, 6.45) is -2.83. The van der Waals surface area contributed by atoms with Crippen LogP contribution in [-0.4, -0.2) is 33.3 Å². The van der Waals surface area contributed by atoms with Crippen molar-refractivity contribution in [3.8, 4) is 0 Å². The van der Waals surface area contributed by atoms with Crippen LogP contribution in [0.5, 0.6) is 0 Å². The van der Waals surface area contributed by atoms with Crippen molar-refractivity contribution >= 4 is 39.4 Å². The fraction of sp³-hybridized carbons (Fsp3) is 0.176. The van der Waals surface area contributed by atoms with E-state index in [9.17, 15) is 26.4 Å². The van der Waals surface area contributed by atoms with Crippen LogP contribution in [0, 0.1) is 0 Å². The molecule has 6 nitrogen and oxygen atoms in total. The summed E-state index contributed by atoms with van der Waals surface area (Å²) >= 11 is 5.84. The fourth-order valence-corrected chi connectivity index (χ4v) is 3.27. The van der Waals surface area contributed by atoms with Crippen molar-refractivity contribution in [1.82, 2.24) is 5.43 Å². The molecule has 1 N–H and O–H groups in total. The highest BCUT2D eigenvalue weighted by molar-refractivity contribution is 7.92. The zero-order valence-electron chi connectivity index (χ0n) is 14.4. The summed E-state index contributed by atoms with van der Waals surface area (Å²) in [4.78, 5) is 12.0. The van der Waals surface area contributed by atoms with Gasteiger partial charge >= 0.3 is 6.18 Å². The van der Waals surface area contributed by atoms with Gasteiger partial charge in [-0.2, -0.15) is 18.3 Å². The summed E-state index contributed by atoms with van der Waals surface area (Å²) in [5, 5.41) is 3.76. The van der Waals surface area contributed by atoms with Crippen LogP contribution < -0.4 is 9.73 Å². The molecule has 0 unspecified atom stereocenters. The van der Waals surface area contributed by atoms with E-state index in [1.165, 1.54) is 42.5 Å². The van der Waals surface area contributed by atoms with E-state index in [2.05, 4.69) is 5.10 Å². The van der Waals surface area contributed by atoms with Crippen molar-refractivity contribution in [1.29, 1.82) is 0 Å². The Morgan fingerprint density at radius 1 is 1.21 bits per heavy atom. The first kappa shape index (κ1) is 21.7. The van der Waals surface area contributed by atoms with Crippen LogP contribution in [0.25, 0.3) is 0 Å². The standard InChI is InChI=1S/C17H15ClF3N3O3S/c1-28(26,27)24(14-7-4-6-13(18)9-14)11-16(25)23-22-10-12-5-2-3-8-15(12)17(19,20)21/h2-10H,11H2,1H3,(H,23,25)/b22-10-. The molecule has 0 aliphatic heterocycles. The number of sulfonamides is 1. The first-order valence-electron chi connectivity index (χ1n) is 7.70. The molecule has 0 aliphatic rings. The smallest absolute Gasteiger partial charge is 0.271 e. The Morgan fingerprint density at radius 3 is 2.50 bits per heavy atom. The average molecular weight is 434 g/mol.